The Morgan fingerprint density at radius 1 is 1.17 bits per heavy atom. The molecule has 23 heavy (non-hydrogen) atoms. The van der Waals surface area contributed by atoms with Crippen molar-refractivity contribution in [1.29, 1.82) is 0 Å². The second-order valence-corrected chi connectivity index (χ2v) is 5.74. The van der Waals surface area contributed by atoms with Crippen molar-refractivity contribution in [3.05, 3.63) is 54.0 Å². The molecule has 0 bridgehead atoms. The molecule has 0 fully saturated rings. The molecule has 2 amide bonds. The predicted molar refractivity (Wildman–Crippen MR) is 89.0 cm³/mol. The zero-order valence-electron chi connectivity index (χ0n) is 13.7. The van der Waals surface area contributed by atoms with Gasteiger partial charge in [0.1, 0.15) is 12.3 Å². The van der Waals surface area contributed by atoms with Crippen molar-refractivity contribution in [1.82, 2.24) is 4.90 Å². The number of carbonyl (C=O) groups excluding carboxylic acids is 2. The Kier molecular flexibility index (Phi) is 5.57. The molecule has 1 N–H and O–H groups in total. The van der Waals surface area contributed by atoms with E-state index in [9.17, 15) is 9.59 Å². The second-order valence-electron chi connectivity index (χ2n) is 5.74. The molecule has 2 rings (SSSR count). The number of hydrogen-bond donors (Lipinski definition) is 1. The van der Waals surface area contributed by atoms with Crippen LogP contribution in [0.2, 0.25) is 0 Å². The van der Waals surface area contributed by atoms with Gasteiger partial charge in [0.25, 0.3) is 0 Å². The highest BCUT2D eigenvalue weighted by Crippen LogP contribution is 2.23. The molecule has 0 radical (unpaired) electrons. The Morgan fingerprint density at radius 3 is 2.52 bits per heavy atom. The van der Waals surface area contributed by atoms with Crippen LogP contribution in [0.15, 0.2) is 47.1 Å². The molecule has 0 saturated heterocycles. The SMILES string of the molecule is CC(=O)N(CC(=O)Nc1ccccc1C(C)C)Cc1ccco1. The van der Waals surface area contributed by atoms with Crippen LogP contribution in [0.1, 0.15) is 38.0 Å². The summed E-state index contributed by atoms with van der Waals surface area (Å²) in [6.45, 7) is 5.86. The van der Waals surface area contributed by atoms with Gasteiger partial charge in [-0.05, 0) is 29.7 Å². The van der Waals surface area contributed by atoms with Crippen LogP contribution in [0, 0.1) is 0 Å². The summed E-state index contributed by atoms with van der Waals surface area (Å²) in [4.78, 5) is 25.5. The lowest BCUT2D eigenvalue weighted by molar-refractivity contribution is -0.133. The van der Waals surface area contributed by atoms with E-state index < -0.39 is 0 Å². The summed E-state index contributed by atoms with van der Waals surface area (Å²) in [6.07, 6.45) is 1.55. The minimum atomic E-state index is -0.222. The monoisotopic (exact) mass is 314 g/mol. The lowest BCUT2D eigenvalue weighted by Gasteiger charge is -2.20. The van der Waals surface area contributed by atoms with E-state index in [-0.39, 0.29) is 24.9 Å². The number of nitrogens with one attached hydrogen (secondary N) is 1. The maximum atomic E-state index is 12.3. The van der Waals surface area contributed by atoms with Crippen molar-refractivity contribution >= 4 is 17.5 Å². The van der Waals surface area contributed by atoms with Gasteiger partial charge in [0.05, 0.1) is 12.8 Å². The number of nitrogens with zero attached hydrogens (tertiary/aromatic N) is 1. The molecule has 0 spiro atoms. The van der Waals surface area contributed by atoms with Gasteiger partial charge in [0.2, 0.25) is 11.8 Å². The first-order valence-electron chi connectivity index (χ1n) is 7.64. The fourth-order valence-corrected chi connectivity index (χ4v) is 2.35. The number of rotatable bonds is 6. The van der Waals surface area contributed by atoms with Gasteiger partial charge in [-0.2, -0.15) is 0 Å². The van der Waals surface area contributed by atoms with E-state index in [2.05, 4.69) is 19.2 Å². The van der Waals surface area contributed by atoms with Gasteiger partial charge in [0.15, 0.2) is 0 Å². The van der Waals surface area contributed by atoms with Crippen LogP contribution in [0.5, 0.6) is 0 Å². The molecule has 1 heterocycles. The number of benzene rings is 1. The fourth-order valence-electron chi connectivity index (χ4n) is 2.35. The summed E-state index contributed by atoms with van der Waals surface area (Å²) in [5, 5.41) is 2.89. The molecule has 1 aromatic heterocycles. The lowest BCUT2D eigenvalue weighted by Crippen LogP contribution is -2.36. The summed E-state index contributed by atoms with van der Waals surface area (Å²) < 4.78 is 5.24. The quantitative estimate of drug-likeness (QED) is 0.889. The summed E-state index contributed by atoms with van der Waals surface area (Å²) in [7, 11) is 0. The third-order valence-corrected chi connectivity index (χ3v) is 3.56. The molecule has 5 heteroatoms. The summed E-state index contributed by atoms with van der Waals surface area (Å²) >= 11 is 0. The topological polar surface area (TPSA) is 62.6 Å². The number of furan rings is 1. The molecular weight excluding hydrogens is 292 g/mol. The number of anilines is 1. The van der Waals surface area contributed by atoms with E-state index in [1.54, 1.807) is 18.4 Å². The molecule has 0 aliphatic rings. The molecule has 0 unspecified atom stereocenters. The van der Waals surface area contributed by atoms with Crippen LogP contribution in [-0.4, -0.2) is 23.3 Å². The Bertz CT molecular complexity index is 663. The van der Waals surface area contributed by atoms with Gasteiger partial charge in [-0.25, -0.2) is 0 Å². The number of hydrogen-bond acceptors (Lipinski definition) is 3. The van der Waals surface area contributed by atoms with Crippen LogP contribution >= 0.6 is 0 Å². The molecule has 0 saturated carbocycles. The highest BCUT2D eigenvalue weighted by molar-refractivity contribution is 5.94. The van der Waals surface area contributed by atoms with Crippen molar-refractivity contribution in [2.75, 3.05) is 11.9 Å². The molecule has 122 valence electrons. The largest absolute Gasteiger partial charge is 0.467 e. The predicted octanol–water partition coefficient (Wildman–Crippen LogP) is 3.39. The van der Waals surface area contributed by atoms with E-state index in [4.69, 9.17) is 4.42 Å². The Labute approximate surface area is 136 Å². The average molecular weight is 314 g/mol. The molecule has 1 aromatic carbocycles. The summed E-state index contributed by atoms with van der Waals surface area (Å²) in [5.74, 6) is 0.558. The van der Waals surface area contributed by atoms with Crippen LogP contribution in [0.3, 0.4) is 0 Å². The van der Waals surface area contributed by atoms with Crippen molar-refractivity contribution in [2.24, 2.45) is 0 Å². The van der Waals surface area contributed by atoms with E-state index in [0.29, 0.717) is 11.7 Å². The van der Waals surface area contributed by atoms with E-state index >= 15 is 0 Å². The van der Waals surface area contributed by atoms with Gasteiger partial charge in [0, 0.05) is 12.6 Å². The Hall–Kier alpha value is -2.56. The fraction of sp³-hybridized carbons (Fsp3) is 0.333. The van der Waals surface area contributed by atoms with Crippen molar-refractivity contribution in [2.45, 2.75) is 33.2 Å². The van der Waals surface area contributed by atoms with Crippen LogP contribution < -0.4 is 5.32 Å². The summed E-state index contributed by atoms with van der Waals surface area (Å²) in [6, 6.07) is 11.2. The number of amides is 2. The van der Waals surface area contributed by atoms with E-state index in [1.165, 1.54) is 11.8 Å². The van der Waals surface area contributed by atoms with Crippen LogP contribution in [0.25, 0.3) is 0 Å². The maximum absolute atomic E-state index is 12.3. The van der Waals surface area contributed by atoms with Gasteiger partial charge in [-0.1, -0.05) is 32.0 Å². The number of para-hydroxylation sites is 1. The lowest BCUT2D eigenvalue weighted by atomic mass is 10.0. The van der Waals surface area contributed by atoms with Crippen molar-refractivity contribution < 1.29 is 14.0 Å². The van der Waals surface area contributed by atoms with Gasteiger partial charge in [-0.3, -0.25) is 9.59 Å². The van der Waals surface area contributed by atoms with Crippen molar-refractivity contribution in [3.8, 4) is 0 Å². The Morgan fingerprint density at radius 2 is 1.91 bits per heavy atom. The van der Waals surface area contributed by atoms with E-state index in [0.717, 1.165) is 11.3 Å². The highest BCUT2D eigenvalue weighted by atomic mass is 16.3. The molecular formula is C18H22N2O3. The molecule has 2 aromatic rings. The van der Waals surface area contributed by atoms with Crippen LogP contribution in [0.4, 0.5) is 5.69 Å². The normalized spacial score (nSPS) is 10.6. The molecule has 0 aliphatic carbocycles. The third kappa shape index (κ3) is 4.71. The smallest absolute Gasteiger partial charge is 0.244 e. The van der Waals surface area contributed by atoms with E-state index in [1.807, 2.05) is 24.3 Å². The summed E-state index contributed by atoms with van der Waals surface area (Å²) in [5.41, 5.74) is 1.86. The number of carbonyl (C=O) groups is 2. The van der Waals surface area contributed by atoms with Crippen molar-refractivity contribution in [3.63, 3.8) is 0 Å². The molecule has 5 nitrogen and oxygen atoms in total. The molecule has 0 atom stereocenters. The van der Waals surface area contributed by atoms with Gasteiger partial charge >= 0.3 is 0 Å². The zero-order chi connectivity index (χ0) is 16.8. The molecule has 0 aliphatic heterocycles. The maximum Gasteiger partial charge on any atom is 0.244 e. The standard InChI is InChI=1S/C18H22N2O3/c1-13(2)16-8-4-5-9-17(16)19-18(22)12-20(14(3)21)11-15-7-6-10-23-15/h4-10,13H,11-12H2,1-3H3,(H,19,22). The first-order chi connectivity index (χ1) is 11.0. The van der Waals surface area contributed by atoms with Gasteiger partial charge in [-0.15, -0.1) is 0 Å². The van der Waals surface area contributed by atoms with Crippen LogP contribution in [-0.2, 0) is 16.1 Å². The minimum Gasteiger partial charge on any atom is -0.467 e. The first kappa shape index (κ1) is 16.8. The zero-order valence-corrected chi connectivity index (χ0v) is 13.7. The minimum absolute atomic E-state index is 0.0114. The second kappa shape index (κ2) is 7.63. The average Bonchev–Trinajstić information content (AvgIpc) is 2.99. The first-order valence-corrected chi connectivity index (χ1v) is 7.64. The highest BCUT2D eigenvalue weighted by Gasteiger charge is 2.16. The third-order valence-electron chi connectivity index (χ3n) is 3.56. The Balaban J connectivity index is 2.04. The van der Waals surface area contributed by atoms with Gasteiger partial charge < -0.3 is 14.6 Å².